The van der Waals surface area contributed by atoms with Gasteiger partial charge in [0.25, 0.3) is 0 Å². The molecule has 2 unspecified atom stereocenters. The topological polar surface area (TPSA) is 52.5 Å². The number of rotatable bonds is 5. The van der Waals surface area contributed by atoms with Gasteiger partial charge in [-0.3, -0.25) is 0 Å². The van der Waals surface area contributed by atoms with Crippen molar-refractivity contribution in [3.63, 3.8) is 0 Å². The van der Waals surface area contributed by atoms with Gasteiger partial charge < -0.3 is 15.5 Å². The molecule has 0 saturated heterocycles. The number of hydrogen-bond acceptors (Lipinski definition) is 3. The van der Waals surface area contributed by atoms with Gasteiger partial charge in [-0.25, -0.2) is 0 Å². The largest absolute Gasteiger partial charge is 0.508 e. The summed E-state index contributed by atoms with van der Waals surface area (Å²) in [4.78, 5) is 0. The number of nitrogens with one attached hydrogen (secondary N) is 1. The van der Waals surface area contributed by atoms with Crippen molar-refractivity contribution in [1.29, 1.82) is 0 Å². The summed E-state index contributed by atoms with van der Waals surface area (Å²) in [6.07, 6.45) is 0.949. The summed E-state index contributed by atoms with van der Waals surface area (Å²) in [6.45, 7) is 4.14. The van der Waals surface area contributed by atoms with Crippen molar-refractivity contribution < 1.29 is 10.2 Å². The first kappa shape index (κ1) is 15.9. The molecule has 0 saturated carbocycles. The summed E-state index contributed by atoms with van der Waals surface area (Å²) in [5, 5.41) is 22.8. The molecule has 2 aromatic rings. The van der Waals surface area contributed by atoms with E-state index in [1.807, 2.05) is 19.1 Å². The van der Waals surface area contributed by atoms with Gasteiger partial charge in [0, 0.05) is 28.2 Å². The molecule has 0 heterocycles. The van der Waals surface area contributed by atoms with Crippen LogP contribution >= 0.6 is 15.9 Å². The molecule has 0 aromatic heterocycles. The molecule has 112 valence electrons. The molecule has 2 rings (SSSR count). The zero-order chi connectivity index (χ0) is 15.4. The highest BCUT2D eigenvalue weighted by molar-refractivity contribution is 9.10. The number of phenols is 2. The predicted octanol–water partition coefficient (Wildman–Crippen LogP) is 4.66. The van der Waals surface area contributed by atoms with Crippen LogP contribution in [0.25, 0.3) is 0 Å². The van der Waals surface area contributed by atoms with E-state index in [1.165, 1.54) is 11.6 Å². The second kappa shape index (κ2) is 6.96. The maximum atomic E-state index is 9.95. The van der Waals surface area contributed by atoms with Crippen LogP contribution in [0.3, 0.4) is 0 Å². The molecule has 3 N–H and O–H groups in total. The second-order valence-electron chi connectivity index (χ2n) is 5.14. The van der Waals surface area contributed by atoms with Gasteiger partial charge in [0.05, 0.1) is 0 Å². The highest BCUT2D eigenvalue weighted by Gasteiger charge is 2.16. The lowest BCUT2D eigenvalue weighted by atomic mass is 10.0. The van der Waals surface area contributed by atoms with Crippen LogP contribution < -0.4 is 5.32 Å². The van der Waals surface area contributed by atoms with Gasteiger partial charge in [-0.15, -0.1) is 0 Å². The van der Waals surface area contributed by atoms with E-state index < -0.39 is 0 Å². The second-order valence-corrected chi connectivity index (χ2v) is 6.06. The summed E-state index contributed by atoms with van der Waals surface area (Å²) in [7, 11) is 0. The minimum atomic E-state index is -0.0146. The van der Waals surface area contributed by atoms with Crippen molar-refractivity contribution >= 4 is 15.9 Å². The van der Waals surface area contributed by atoms with Gasteiger partial charge in [-0.05, 0) is 37.1 Å². The fraction of sp³-hybridized carbons (Fsp3) is 0.294. The Morgan fingerprint density at radius 3 is 2.33 bits per heavy atom. The molecule has 2 atom stereocenters. The highest BCUT2D eigenvalue weighted by Crippen LogP contribution is 2.30. The average molecular weight is 350 g/mol. The van der Waals surface area contributed by atoms with Crippen LogP contribution in [0.4, 0.5) is 0 Å². The van der Waals surface area contributed by atoms with Crippen LogP contribution in [-0.2, 0) is 0 Å². The molecule has 0 fully saturated rings. The SMILES string of the molecule is CCC(NC(C)c1ccc(O)cc1O)c1ccc(Br)cc1. The molecule has 4 heteroatoms. The van der Waals surface area contributed by atoms with E-state index in [2.05, 4.69) is 40.3 Å². The molecular formula is C17H20BrNO2. The lowest BCUT2D eigenvalue weighted by molar-refractivity contribution is 0.417. The fourth-order valence-corrected chi connectivity index (χ4v) is 2.70. The first-order chi connectivity index (χ1) is 10.0. The van der Waals surface area contributed by atoms with Crippen LogP contribution in [0.5, 0.6) is 11.5 Å². The lowest BCUT2D eigenvalue weighted by Gasteiger charge is -2.23. The van der Waals surface area contributed by atoms with Gasteiger partial charge in [0.1, 0.15) is 11.5 Å². The van der Waals surface area contributed by atoms with Gasteiger partial charge in [-0.2, -0.15) is 0 Å². The highest BCUT2D eigenvalue weighted by atomic mass is 79.9. The Morgan fingerprint density at radius 1 is 1.10 bits per heavy atom. The summed E-state index contributed by atoms with van der Waals surface area (Å²) >= 11 is 3.44. The minimum Gasteiger partial charge on any atom is -0.508 e. The van der Waals surface area contributed by atoms with Crippen molar-refractivity contribution in [2.75, 3.05) is 0 Å². The smallest absolute Gasteiger partial charge is 0.124 e. The maximum Gasteiger partial charge on any atom is 0.124 e. The van der Waals surface area contributed by atoms with E-state index in [1.54, 1.807) is 12.1 Å². The molecule has 0 amide bonds. The minimum absolute atomic E-state index is 0.0146. The number of phenolic OH excluding ortho intramolecular Hbond substituents is 2. The first-order valence-electron chi connectivity index (χ1n) is 7.04. The zero-order valence-corrected chi connectivity index (χ0v) is 13.8. The third-order valence-corrected chi connectivity index (χ3v) is 4.14. The Labute approximate surface area is 133 Å². The molecule has 0 radical (unpaired) electrons. The van der Waals surface area contributed by atoms with Crippen molar-refractivity contribution in [3.05, 3.63) is 58.1 Å². The fourth-order valence-electron chi connectivity index (χ4n) is 2.43. The van der Waals surface area contributed by atoms with Crippen LogP contribution in [0, 0.1) is 0 Å². The molecule has 3 nitrogen and oxygen atoms in total. The quantitative estimate of drug-likeness (QED) is 0.735. The summed E-state index contributed by atoms with van der Waals surface area (Å²) in [5.41, 5.74) is 1.99. The normalized spacial score (nSPS) is 13.9. The van der Waals surface area contributed by atoms with Crippen LogP contribution in [0.1, 0.15) is 43.5 Å². The third-order valence-electron chi connectivity index (χ3n) is 3.61. The van der Waals surface area contributed by atoms with E-state index in [0.717, 1.165) is 16.5 Å². The molecule has 0 bridgehead atoms. The summed E-state index contributed by atoms with van der Waals surface area (Å²) < 4.78 is 1.06. The van der Waals surface area contributed by atoms with E-state index in [-0.39, 0.29) is 23.6 Å². The van der Waals surface area contributed by atoms with E-state index in [9.17, 15) is 10.2 Å². The van der Waals surface area contributed by atoms with E-state index in [4.69, 9.17) is 0 Å². The molecular weight excluding hydrogens is 330 g/mol. The van der Waals surface area contributed by atoms with Crippen molar-refractivity contribution in [3.8, 4) is 11.5 Å². The number of benzene rings is 2. The Balaban J connectivity index is 2.15. The number of halogens is 1. The van der Waals surface area contributed by atoms with Gasteiger partial charge >= 0.3 is 0 Å². The van der Waals surface area contributed by atoms with Crippen molar-refractivity contribution in [2.24, 2.45) is 0 Å². The number of hydrogen-bond donors (Lipinski definition) is 3. The first-order valence-corrected chi connectivity index (χ1v) is 7.84. The zero-order valence-electron chi connectivity index (χ0n) is 12.2. The Morgan fingerprint density at radius 2 is 1.76 bits per heavy atom. The Kier molecular flexibility index (Phi) is 5.26. The number of aromatic hydroxyl groups is 2. The molecule has 0 aliphatic rings. The van der Waals surface area contributed by atoms with Crippen LogP contribution in [0.15, 0.2) is 46.9 Å². The average Bonchev–Trinajstić information content (AvgIpc) is 2.45. The Bertz CT molecular complexity index is 598. The summed E-state index contributed by atoms with van der Waals surface area (Å²) in [6, 6.07) is 13.1. The third kappa shape index (κ3) is 3.99. The predicted molar refractivity (Wildman–Crippen MR) is 88.5 cm³/mol. The lowest BCUT2D eigenvalue weighted by Crippen LogP contribution is -2.24. The Hall–Kier alpha value is -1.52. The van der Waals surface area contributed by atoms with E-state index in [0.29, 0.717) is 0 Å². The van der Waals surface area contributed by atoms with Crippen molar-refractivity contribution in [2.45, 2.75) is 32.4 Å². The molecule has 0 aliphatic heterocycles. The summed E-state index contributed by atoms with van der Waals surface area (Å²) in [5.74, 6) is 0.184. The molecule has 0 aliphatic carbocycles. The van der Waals surface area contributed by atoms with Crippen LogP contribution in [-0.4, -0.2) is 10.2 Å². The monoisotopic (exact) mass is 349 g/mol. The van der Waals surface area contributed by atoms with Crippen molar-refractivity contribution in [1.82, 2.24) is 5.32 Å². The van der Waals surface area contributed by atoms with Gasteiger partial charge in [0.15, 0.2) is 0 Å². The van der Waals surface area contributed by atoms with Gasteiger partial charge in [0.2, 0.25) is 0 Å². The van der Waals surface area contributed by atoms with Gasteiger partial charge in [-0.1, -0.05) is 41.1 Å². The van der Waals surface area contributed by atoms with E-state index >= 15 is 0 Å². The molecule has 0 spiro atoms. The maximum absolute atomic E-state index is 9.95. The molecule has 2 aromatic carbocycles. The standard InChI is InChI=1S/C17H20BrNO2/c1-3-16(12-4-6-13(18)7-5-12)19-11(2)15-9-8-14(20)10-17(15)21/h4-11,16,19-21H,3H2,1-2H3. The molecule has 21 heavy (non-hydrogen) atoms. The van der Waals surface area contributed by atoms with Crippen LogP contribution in [0.2, 0.25) is 0 Å².